The molecular weight excluding hydrogens is 210 g/mol. The van der Waals surface area contributed by atoms with Gasteiger partial charge >= 0.3 is 0 Å². The standard InChI is InChI=1S/C14H23N3/c1-3-9-17(11-5-6-11)12-7-8-14(16-10-12)13(15)4-2/h7-8,10-11,13H,3-6,9,15H2,1-2H3/t13-/m0/s1. The van der Waals surface area contributed by atoms with Crippen LogP contribution in [0.5, 0.6) is 0 Å². The van der Waals surface area contributed by atoms with Crippen molar-refractivity contribution in [3.8, 4) is 0 Å². The molecule has 3 nitrogen and oxygen atoms in total. The second-order valence-electron chi connectivity index (χ2n) is 4.88. The molecule has 3 heteroatoms. The lowest BCUT2D eigenvalue weighted by Gasteiger charge is -2.24. The van der Waals surface area contributed by atoms with Crippen LogP contribution in [0.25, 0.3) is 0 Å². The van der Waals surface area contributed by atoms with Crippen LogP contribution < -0.4 is 10.6 Å². The number of hydrogen-bond donors (Lipinski definition) is 1. The van der Waals surface area contributed by atoms with Gasteiger partial charge in [-0.2, -0.15) is 0 Å². The molecule has 0 aromatic carbocycles. The summed E-state index contributed by atoms with van der Waals surface area (Å²) in [6.45, 7) is 5.45. The van der Waals surface area contributed by atoms with Gasteiger partial charge in [0.1, 0.15) is 0 Å². The van der Waals surface area contributed by atoms with Gasteiger partial charge in [0, 0.05) is 18.6 Å². The van der Waals surface area contributed by atoms with Crippen LogP contribution in [0.3, 0.4) is 0 Å². The molecule has 1 aromatic heterocycles. The fourth-order valence-corrected chi connectivity index (χ4v) is 2.15. The number of hydrogen-bond acceptors (Lipinski definition) is 3. The van der Waals surface area contributed by atoms with E-state index in [2.05, 4.69) is 35.9 Å². The average molecular weight is 233 g/mol. The summed E-state index contributed by atoms with van der Waals surface area (Å²) in [5.41, 5.74) is 8.23. The van der Waals surface area contributed by atoms with Gasteiger partial charge in [-0.1, -0.05) is 13.8 Å². The Bertz CT molecular complexity index is 343. The molecule has 1 aromatic rings. The number of pyridine rings is 1. The summed E-state index contributed by atoms with van der Waals surface area (Å²) in [7, 11) is 0. The number of nitrogens with two attached hydrogens (primary N) is 1. The van der Waals surface area contributed by atoms with E-state index in [1.807, 2.05) is 6.20 Å². The van der Waals surface area contributed by atoms with Crippen LogP contribution in [-0.4, -0.2) is 17.6 Å². The predicted molar refractivity (Wildman–Crippen MR) is 72.1 cm³/mol. The fraction of sp³-hybridized carbons (Fsp3) is 0.643. The SMILES string of the molecule is CCCN(c1ccc([C@@H](N)CC)nc1)C1CC1. The Hall–Kier alpha value is -1.09. The first-order chi connectivity index (χ1) is 8.26. The molecule has 0 bridgehead atoms. The first kappa shape index (κ1) is 12.4. The van der Waals surface area contributed by atoms with E-state index in [1.54, 1.807) is 0 Å². The molecule has 17 heavy (non-hydrogen) atoms. The third-order valence-corrected chi connectivity index (χ3v) is 3.37. The molecule has 1 fully saturated rings. The Labute approximate surface area is 104 Å². The van der Waals surface area contributed by atoms with E-state index in [-0.39, 0.29) is 6.04 Å². The number of aromatic nitrogens is 1. The molecule has 2 N–H and O–H groups in total. The highest BCUT2D eigenvalue weighted by Crippen LogP contribution is 2.31. The monoisotopic (exact) mass is 233 g/mol. The summed E-state index contributed by atoms with van der Waals surface area (Å²) in [4.78, 5) is 6.98. The Morgan fingerprint density at radius 2 is 2.18 bits per heavy atom. The molecule has 1 aliphatic rings. The van der Waals surface area contributed by atoms with Crippen molar-refractivity contribution in [2.24, 2.45) is 5.73 Å². The van der Waals surface area contributed by atoms with E-state index < -0.39 is 0 Å². The summed E-state index contributed by atoms with van der Waals surface area (Å²) in [5, 5.41) is 0. The van der Waals surface area contributed by atoms with Crippen molar-refractivity contribution in [2.45, 2.75) is 51.6 Å². The highest BCUT2D eigenvalue weighted by atomic mass is 15.2. The van der Waals surface area contributed by atoms with E-state index in [4.69, 9.17) is 5.73 Å². The van der Waals surface area contributed by atoms with Crippen LogP contribution in [-0.2, 0) is 0 Å². The van der Waals surface area contributed by atoms with Gasteiger partial charge in [0.15, 0.2) is 0 Å². The van der Waals surface area contributed by atoms with Crippen molar-refractivity contribution in [1.29, 1.82) is 0 Å². The second-order valence-corrected chi connectivity index (χ2v) is 4.88. The summed E-state index contributed by atoms with van der Waals surface area (Å²) in [6, 6.07) is 5.08. The smallest absolute Gasteiger partial charge is 0.0572 e. The molecule has 1 aliphatic carbocycles. The maximum Gasteiger partial charge on any atom is 0.0572 e. The van der Waals surface area contributed by atoms with Crippen LogP contribution in [0, 0.1) is 0 Å². The normalized spacial score (nSPS) is 16.9. The summed E-state index contributed by atoms with van der Waals surface area (Å²) >= 11 is 0. The van der Waals surface area contributed by atoms with Crippen LogP contribution in [0.15, 0.2) is 18.3 Å². The van der Waals surface area contributed by atoms with Gasteiger partial charge in [-0.05, 0) is 37.8 Å². The third-order valence-electron chi connectivity index (χ3n) is 3.37. The van der Waals surface area contributed by atoms with Crippen molar-refractivity contribution < 1.29 is 0 Å². The van der Waals surface area contributed by atoms with Crippen molar-refractivity contribution >= 4 is 5.69 Å². The molecule has 0 radical (unpaired) electrons. The second kappa shape index (κ2) is 5.50. The maximum absolute atomic E-state index is 5.98. The minimum absolute atomic E-state index is 0.0737. The summed E-state index contributed by atoms with van der Waals surface area (Å²) in [6.07, 6.45) is 6.77. The van der Waals surface area contributed by atoms with E-state index in [1.165, 1.54) is 24.9 Å². The Morgan fingerprint density at radius 1 is 1.41 bits per heavy atom. The maximum atomic E-state index is 5.98. The third kappa shape index (κ3) is 2.97. The molecule has 0 amide bonds. The summed E-state index contributed by atoms with van der Waals surface area (Å²) < 4.78 is 0. The zero-order valence-corrected chi connectivity index (χ0v) is 10.9. The van der Waals surface area contributed by atoms with Gasteiger partial charge in [0.2, 0.25) is 0 Å². The van der Waals surface area contributed by atoms with E-state index in [0.717, 1.165) is 24.7 Å². The van der Waals surface area contributed by atoms with Crippen molar-refractivity contribution in [2.75, 3.05) is 11.4 Å². The number of nitrogens with zero attached hydrogens (tertiary/aromatic N) is 2. The lowest BCUT2D eigenvalue weighted by atomic mass is 10.1. The van der Waals surface area contributed by atoms with Gasteiger partial charge in [0.25, 0.3) is 0 Å². The predicted octanol–water partition coefficient (Wildman–Crippen LogP) is 2.87. The minimum atomic E-state index is 0.0737. The molecule has 0 spiro atoms. The molecule has 0 aliphatic heterocycles. The van der Waals surface area contributed by atoms with E-state index >= 15 is 0 Å². The molecular formula is C14H23N3. The lowest BCUT2D eigenvalue weighted by Crippen LogP contribution is -2.26. The molecule has 1 heterocycles. The van der Waals surface area contributed by atoms with E-state index in [0.29, 0.717) is 0 Å². The van der Waals surface area contributed by atoms with Crippen molar-refractivity contribution in [3.05, 3.63) is 24.0 Å². The first-order valence-corrected chi connectivity index (χ1v) is 6.74. The Kier molecular flexibility index (Phi) is 4.00. The molecule has 2 rings (SSSR count). The van der Waals surface area contributed by atoms with Gasteiger partial charge < -0.3 is 10.6 Å². The quantitative estimate of drug-likeness (QED) is 0.821. The number of anilines is 1. The Balaban J connectivity index is 2.09. The first-order valence-electron chi connectivity index (χ1n) is 6.74. The highest BCUT2D eigenvalue weighted by molar-refractivity contribution is 5.47. The minimum Gasteiger partial charge on any atom is -0.367 e. The molecule has 0 unspecified atom stereocenters. The largest absolute Gasteiger partial charge is 0.367 e. The van der Waals surface area contributed by atoms with Gasteiger partial charge in [0.05, 0.1) is 17.6 Å². The summed E-state index contributed by atoms with van der Waals surface area (Å²) in [5.74, 6) is 0. The van der Waals surface area contributed by atoms with Crippen molar-refractivity contribution in [3.63, 3.8) is 0 Å². The molecule has 1 atom stereocenters. The number of rotatable bonds is 6. The lowest BCUT2D eigenvalue weighted by molar-refractivity contribution is 0.674. The van der Waals surface area contributed by atoms with Gasteiger partial charge in [-0.3, -0.25) is 4.98 Å². The molecule has 1 saturated carbocycles. The van der Waals surface area contributed by atoms with Gasteiger partial charge in [-0.15, -0.1) is 0 Å². The highest BCUT2D eigenvalue weighted by Gasteiger charge is 2.28. The molecule has 94 valence electrons. The van der Waals surface area contributed by atoms with Gasteiger partial charge in [-0.25, -0.2) is 0 Å². The zero-order valence-electron chi connectivity index (χ0n) is 10.9. The molecule has 0 saturated heterocycles. The van der Waals surface area contributed by atoms with E-state index in [9.17, 15) is 0 Å². The fourth-order valence-electron chi connectivity index (χ4n) is 2.15. The van der Waals surface area contributed by atoms with Crippen molar-refractivity contribution in [1.82, 2.24) is 4.98 Å². The van der Waals surface area contributed by atoms with Crippen LogP contribution in [0.4, 0.5) is 5.69 Å². The average Bonchev–Trinajstić information content (AvgIpc) is 3.19. The topological polar surface area (TPSA) is 42.1 Å². The van der Waals surface area contributed by atoms with Crippen LogP contribution in [0.1, 0.15) is 51.3 Å². The van der Waals surface area contributed by atoms with Crippen LogP contribution in [0.2, 0.25) is 0 Å². The van der Waals surface area contributed by atoms with Crippen LogP contribution >= 0.6 is 0 Å². The Morgan fingerprint density at radius 3 is 2.65 bits per heavy atom. The zero-order chi connectivity index (χ0) is 12.3.